The minimum Gasteiger partial charge on any atom is -0.379 e. The average Bonchev–Trinajstić information content (AvgIpc) is 2.55. The normalized spacial score (nSPS) is 17.0. The van der Waals surface area contributed by atoms with Crippen LogP contribution in [-0.2, 0) is 11.3 Å². The molecule has 5 nitrogen and oxygen atoms in total. The number of ether oxygens (including phenoxy) is 1. The largest absolute Gasteiger partial charge is 0.379 e. The van der Waals surface area contributed by atoms with Crippen molar-refractivity contribution in [1.29, 1.82) is 0 Å². The highest BCUT2D eigenvalue weighted by Crippen LogP contribution is 2.12. The summed E-state index contributed by atoms with van der Waals surface area (Å²) in [5.74, 6) is 0.477. The Labute approximate surface area is 143 Å². The third-order valence-corrected chi connectivity index (χ3v) is 4.37. The Bertz CT molecular complexity index is 487. The second-order valence-electron chi connectivity index (χ2n) is 6.15. The smallest absolute Gasteiger partial charge is 0.315 e. The molecule has 2 amide bonds. The van der Waals surface area contributed by atoms with Gasteiger partial charge in [-0.05, 0) is 23.6 Å². The van der Waals surface area contributed by atoms with Crippen LogP contribution in [0, 0.1) is 5.92 Å². The van der Waals surface area contributed by atoms with Crippen LogP contribution < -0.4 is 10.6 Å². The number of carbonyl (C=O) groups is 1. The number of rotatable bonds is 6. The van der Waals surface area contributed by atoms with E-state index in [1.807, 2.05) is 24.3 Å². The summed E-state index contributed by atoms with van der Waals surface area (Å²) in [6, 6.07) is 7.66. The molecule has 1 heterocycles. The van der Waals surface area contributed by atoms with Gasteiger partial charge in [0.25, 0.3) is 0 Å². The number of benzene rings is 1. The zero-order chi connectivity index (χ0) is 16.7. The molecule has 0 aromatic heterocycles. The Morgan fingerprint density at radius 2 is 1.87 bits per heavy atom. The monoisotopic (exact) mass is 339 g/mol. The van der Waals surface area contributed by atoms with Gasteiger partial charge in [-0.25, -0.2) is 4.79 Å². The van der Waals surface area contributed by atoms with Crippen molar-refractivity contribution in [3.05, 3.63) is 34.9 Å². The van der Waals surface area contributed by atoms with E-state index in [1.54, 1.807) is 0 Å². The van der Waals surface area contributed by atoms with E-state index >= 15 is 0 Å². The number of halogens is 1. The minimum atomic E-state index is -0.140. The predicted octanol–water partition coefficient (Wildman–Crippen LogP) is 2.50. The van der Waals surface area contributed by atoms with Crippen LogP contribution >= 0.6 is 11.6 Å². The standard InChI is InChI=1S/C17H26ClN3O2/c1-13(2)16(21-7-9-23-10-8-21)12-20-17(22)19-11-14-3-5-15(18)6-4-14/h3-6,13,16H,7-12H2,1-2H3,(H2,19,20,22). The van der Waals surface area contributed by atoms with Crippen molar-refractivity contribution in [2.24, 2.45) is 5.92 Å². The average molecular weight is 340 g/mol. The number of amides is 2. The zero-order valence-corrected chi connectivity index (χ0v) is 14.6. The van der Waals surface area contributed by atoms with Crippen LogP contribution in [0.15, 0.2) is 24.3 Å². The maximum absolute atomic E-state index is 12.0. The first kappa shape index (κ1) is 18.0. The molecule has 1 aromatic rings. The Morgan fingerprint density at radius 1 is 1.22 bits per heavy atom. The molecule has 2 N–H and O–H groups in total. The number of urea groups is 1. The second-order valence-corrected chi connectivity index (χ2v) is 6.59. The van der Waals surface area contributed by atoms with Gasteiger partial charge in [0, 0.05) is 37.2 Å². The third-order valence-electron chi connectivity index (χ3n) is 4.12. The molecule has 0 aliphatic carbocycles. The fourth-order valence-corrected chi connectivity index (χ4v) is 2.87. The summed E-state index contributed by atoms with van der Waals surface area (Å²) in [5, 5.41) is 6.56. The van der Waals surface area contributed by atoms with Crippen LogP contribution in [0.5, 0.6) is 0 Å². The first-order valence-corrected chi connectivity index (χ1v) is 8.52. The van der Waals surface area contributed by atoms with Crippen LogP contribution in [0.3, 0.4) is 0 Å². The van der Waals surface area contributed by atoms with Gasteiger partial charge in [-0.2, -0.15) is 0 Å². The first-order chi connectivity index (χ1) is 11.1. The van der Waals surface area contributed by atoms with Crippen molar-refractivity contribution in [2.75, 3.05) is 32.8 Å². The van der Waals surface area contributed by atoms with Gasteiger partial charge in [-0.1, -0.05) is 37.6 Å². The molecular weight excluding hydrogens is 314 g/mol. The molecule has 0 saturated carbocycles. The number of carbonyl (C=O) groups excluding carboxylic acids is 1. The van der Waals surface area contributed by atoms with Gasteiger partial charge < -0.3 is 15.4 Å². The molecule has 1 aromatic carbocycles. The van der Waals surface area contributed by atoms with Gasteiger partial charge >= 0.3 is 6.03 Å². The Morgan fingerprint density at radius 3 is 2.48 bits per heavy atom. The minimum absolute atomic E-state index is 0.140. The van der Waals surface area contributed by atoms with E-state index in [1.165, 1.54) is 0 Å². The van der Waals surface area contributed by atoms with Gasteiger partial charge in [0.2, 0.25) is 0 Å². The lowest BCUT2D eigenvalue weighted by atomic mass is 10.0. The lowest BCUT2D eigenvalue weighted by molar-refractivity contribution is 0.00719. The van der Waals surface area contributed by atoms with Crippen LogP contribution in [0.25, 0.3) is 0 Å². The molecule has 1 aliphatic rings. The Hall–Kier alpha value is -1.30. The molecule has 1 fully saturated rings. The predicted molar refractivity (Wildman–Crippen MR) is 92.7 cm³/mol. The number of nitrogens with zero attached hydrogens (tertiary/aromatic N) is 1. The summed E-state index contributed by atoms with van der Waals surface area (Å²) in [5.41, 5.74) is 1.03. The van der Waals surface area contributed by atoms with E-state index in [4.69, 9.17) is 16.3 Å². The molecule has 1 atom stereocenters. The van der Waals surface area contributed by atoms with Crippen molar-refractivity contribution >= 4 is 17.6 Å². The lowest BCUT2D eigenvalue weighted by Crippen LogP contribution is -2.52. The highest BCUT2D eigenvalue weighted by Gasteiger charge is 2.24. The quantitative estimate of drug-likeness (QED) is 0.837. The molecule has 0 spiro atoms. The second kappa shape index (κ2) is 9.11. The van der Waals surface area contributed by atoms with Crippen molar-refractivity contribution in [1.82, 2.24) is 15.5 Å². The molecule has 128 valence electrons. The van der Waals surface area contributed by atoms with E-state index in [0.29, 0.717) is 30.1 Å². The number of hydrogen-bond acceptors (Lipinski definition) is 3. The van der Waals surface area contributed by atoms with E-state index < -0.39 is 0 Å². The van der Waals surface area contributed by atoms with Gasteiger partial charge in [0.15, 0.2) is 0 Å². The molecule has 1 aliphatic heterocycles. The summed E-state index contributed by atoms with van der Waals surface area (Å²) in [7, 11) is 0. The van der Waals surface area contributed by atoms with Crippen LogP contribution in [0.2, 0.25) is 5.02 Å². The summed E-state index contributed by atoms with van der Waals surface area (Å²) in [6.07, 6.45) is 0. The molecule has 0 radical (unpaired) electrons. The molecule has 1 unspecified atom stereocenters. The van der Waals surface area contributed by atoms with E-state index in [2.05, 4.69) is 29.4 Å². The lowest BCUT2D eigenvalue weighted by Gasteiger charge is -2.36. The Balaban J connectivity index is 1.75. The van der Waals surface area contributed by atoms with Gasteiger partial charge in [0.05, 0.1) is 13.2 Å². The number of nitrogens with one attached hydrogen (secondary N) is 2. The molecule has 0 bridgehead atoms. The van der Waals surface area contributed by atoms with E-state index in [9.17, 15) is 4.79 Å². The molecular formula is C17H26ClN3O2. The van der Waals surface area contributed by atoms with Crippen molar-refractivity contribution in [3.8, 4) is 0 Å². The SMILES string of the molecule is CC(C)C(CNC(=O)NCc1ccc(Cl)cc1)N1CCOCC1. The number of morpholine rings is 1. The highest BCUT2D eigenvalue weighted by molar-refractivity contribution is 6.30. The van der Waals surface area contributed by atoms with Gasteiger partial charge in [-0.15, -0.1) is 0 Å². The fraction of sp³-hybridized carbons (Fsp3) is 0.588. The first-order valence-electron chi connectivity index (χ1n) is 8.14. The maximum atomic E-state index is 12.0. The molecule has 2 rings (SSSR count). The summed E-state index contributed by atoms with van der Waals surface area (Å²) < 4.78 is 5.40. The fourth-order valence-electron chi connectivity index (χ4n) is 2.74. The zero-order valence-electron chi connectivity index (χ0n) is 13.8. The van der Waals surface area contributed by atoms with Crippen LogP contribution in [0.4, 0.5) is 4.79 Å². The highest BCUT2D eigenvalue weighted by atomic mass is 35.5. The number of hydrogen-bond donors (Lipinski definition) is 2. The van der Waals surface area contributed by atoms with Gasteiger partial charge in [-0.3, -0.25) is 4.90 Å². The van der Waals surface area contributed by atoms with Crippen molar-refractivity contribution < 1.29 is 9.53 Å². The summed E-state index contributed by atoms with van der Waals surface area (Å²) >= 11 is 5.85. The summed E-state index contributed by atoms with van der Waals surface area (Å²) in [6.45, 7) is 8.91. The summed E-state index contributed by atoms with van der Waals surface area (Å²) in [4.78, 5) is 14.4. The molecule has 23 heavy (non-hydrogen) atoms. The van der Waals surface area contributed by atoms with E-state index in [0.717, 1.165) is 31.9 Å². The third kappa shape index (κ3) is 6.01. The van der Waals surface area contributed by atoms with Crippen molar-refractivity contribution in [2.45, 2.75) is 26.4 Å². The molecule has 6 heteroatoms. The topological polar surface area (TPSA) is 53.6 Å². The van der Waals surface area contributed by atoms with Gasteiger partial charge in [0.1, 0.15) is 0 Å². The van der Waals surface area contributed by atoms with E-state index in [-0.39, 0.29) is 6.03 Å². The van der Waals surface area contributed by atoms with Crippen LogP contribution in [0.1, 0.15) is 19.4 Å². The Kier molecular flexibility index (Phi) is 7.15. The van der Waals surface area contributed by atoms with Crippen LogP contribution in [-0.4, -0.2) is 49.8 Å². The molecule has 1 saturated heterocycles. The maximum Gasteiger partial charge on any atom is 0.315 e. The van der Waals surface area contributed by atoms with Crippen molar-refractivity contribution in [3.63, 3.8) is 0 Å².